The summed E-state index contributed by atoms with van der Waals surface area (Å²) in [6.45, 7) is 3.94. The minimum atomic E-state index is -3.53. The Hall–Kier alpha value is -3.86. The van der Waals surface area contributed by atoms with E-state index in [4.69, 9.17) is 25.8 Å². The number of anilines is 1. The van der Waals surface area contributed by atoms with Gasteiger partial charge in [0.2, 0.25) is 0 Å². The highest BCUT2D eigenvalue weighted by atomic mass is 35.5. The number of ether oxygens (including phenoxy) is 3. The molecule has 0 radical (unpaired) electrons. The molecule has 3 aromatic rings. The molecule has 9 nitrogen and oxygen atoms in total. The summed E-state index contributed by atoms with van der Waals surface area (Å²) in [7, 11) is -0.227. The predicted octanol–water partition coefficient (Wildman–Crippen LogP) is 7.41. The highest BCUT2D eigenvalue weighted by molar-refractivity contribution is 7.92. The van der Waals surface area contributed by atoms with Gasteiger partial charge in [-0.2, -0.15) is 0 Å². The van der Waals surface area contributed by atoms with Gasteiger partial charge in [-0.1, -0.05) is 36.7 Å². The van der Waals surface area contributed by atoms with Crippen LogP contribution in [0.25, 0.3) is 0 Å². The lowest BCUT2D eigenvalue weighted by atomic mass is 9.68. The molecule has 0 aromatic heterocycles. The Bertz CT molecular complexity index is 1960. The van der Waals surface area contributed by atoms with Crippen molar-refractivity contribution >= 4 is 39.0 Å². The number of carbonyl (C=O) groups excluding carboxylic acids is 2. The standard InChI is InChI=1S/C40H46ClN3O6S/c1-26-6-4-8-36(49-3)33-16-11-30(33)22-44-24-40(19-5-7-28-20-31(41)13-17-34(28)40)25-50-37-18-12-29(21-35(37)44)39(46)43-51(47,23-26)42-38(45)27-9-14-32(48-2)15-10-27/h4,8-10,12-15,17-18,20-21,26,30,33,36H,5-7,11,16,19,22-25H2,1-3H3,(H,42,43,45,46,47)/b8-4+/t26-,30-,33+,36-,40-,51?/m0/s1. The Morgan fingerprint density at radius 3 is 2.67 bits per heavy atom. The molecule has 270 valence electrons. The summed E-state index contributed by atoms with van der Waals surface area (Å²) < 4.78 is 39.4. The normalized spacial score (nSPS) is 29.6. The second-order valence-electron chi connectivity index (χ2n) is 14.6. The zero-order valence-corrected chi connectivity index (χ0v) is 31.0. The monoisotopic (exact) mass is 731 g/mol. The molecular weight excluding hydrogens is 686 g/mol. The molecule has 11 heteroatoms. The molecule has 4 aliphatic rings. The van der Waals surface area contributed by atoms with Gasteiger partial charge in [-0.15, -0.1) is 4.36 Å². The number of aryl methyl sites for hydroxylation is 1. The number of nitrogens with zero attached hydrogens (tertiary/aromatic N) is 2. The SMILES string of the molecule is COc1ccc(C(=O)NS2(=O)=NC(=O)c3ccc4c(c3)N(C[C@@H]3CC[C@H]3[C@@H](OC)/C=C/C[C@H](C)C2)C[C@@]2(CCCc3cc(Cl)ccc32)CO4)cc1. The summed E-state index contributed by atoms with van der Waals surface area (Å²) in [4.78, 5) is 29.8. The quantitative estimate of drug-likeness (QED) is 0.279. The topological polar surface area (TPSA) is 107 Å². The number of methoxy groups -OCH3 is 2. The zero-order chi connectivity index (χ0) is 35.8. The maximum absolute atomic E-state index is 14.5. The summed E-state index contributed by atoms with van der Waals surface area (Å²) in [6.07, 6.45) is 9.86. The van der Waals surface area contributed by atoms with Crippen LogP contribution >= 0.6 is 11.6 Å². The summed E-state index contributed by atoms with van der Waals surface area (Å²) >= 11 is 6.46. The van der Waals surface area contributed by atoms with Crippen molar-refractivity contribution in [1.82, 2.24) is 4.72 Å². The van der Waals surface area contributed by atoms with Gasteiger partial charge in [0.05, 0.1) is 31.3 Å². The molecule has 1 fully saturated rings. The molecule has 2 aliphatic carbocycles. The van der Waals surface area contributed by atoms with E-state index >= 15 is 0 Å². The molecule has 1 unspecified atom stereocenters. The van der Waals surface area contributed by atoms with Gasteiger partial charge in [0.15, 0.2) is 0 Å². The summed E-state index contributed by atoms with van der Waals surface area (Å²) in [5.41, 5.74) is 3.67. The van der Waals surface area contributed by atoms with Gasteiger partial charge in [0.25, 0.3) is 11.8 Å². The van der Waals surface area contributed by atoms with E-state index in [1.165, 1.54) is 11.1 Å². The number of hydrogen-bond acceptors (Lipinski definition) is 7. The third kappa shape index (κ3) is 7.41. The maximum atomic E-state index is 14.5. The van der Waals surface area contributed by atoms with E-state index in [1.54, 1.807) is 44.6 Å². The maximum Gasteiger partial charge on any atom is 0.286 e. The third-order valence-electron chi connectivity index (χ3n) is 11.1. The lowest BCUT2D eigenvalue weighted by Gasteiger charge is -2.46. The molecule has 1 spiro atoms. The van der Waals surface area contributed by atoms with Crippen molar-refractivity contribution in [3.8, 4) is 11.5 Å². The Morgan fingerprint density at radius 1 is 1.10 bits per heavy atom. The van der Waals surface area contributed by atoms with Crippen LogP contribution in [0.2, 0.25) is 5.02 Å². The molecule has 1 N–H and O–H groups in total. The van der Waals surface area contributed by atoms with Crippen LogP contribution in [0, 0.1) is 17.8 Å². The van der Waals surface area contributed by atoms with Crippen LogP contribution in [0.15, 0.2) is 77.2 Å². The van der Waals surface area contributed by atoms with Crippen molar-refractivity contribution in [2.24, 2.45) is 22.1 Å². The zero-order valence-electron chi connectivity index (χ0n) is 29.4. The first-order valence-electron chi connectivity index (χ1n) is 17.8. The fourth-order valence-corrected chi connectivity index (χ4v) is 10.4. The molecular formula is C40H46ClN3O6S. The van der Waals surface area contributed by atoms with Crippen molar-refractivity contribution < 1.29 is 28.0 Å². The second kappa shape index (κ2) is 14.6. The number of halogens is 1. The first-order chi connectivity index (χ1) is 24.6. The number of fused-ring (bicyclic) bond motifs is 4. The Morgan fingerprint density at radius 2 is 1.92 bits per heavy atom. The van der Waals surface area contributed by atoms with E-state index in [0.717, 1.165) is 49.4 Å². The summed E-state index contributed by atoms with van der Waals surface area (Å²) in [6, 6.07) is 18.1. The van der Waals surface area contributed by atoms with Gasteiger partial charge < -0.3 is 19.1 Å². The smallest absolute Gasteiger partial charge is 0.286 e. The second-order valence-corrected chi connectivity index (χ2v) is 17.1. The average Bonchev–Trinajstić information content (AvgIpc) is 3.25. The van der Waals surface area contributed by atoms with E-state index in [-0.39, 0.29) is 28.8 Å². The number of rotatable bonds is 4. The fourth-order valence-electron chi connectivity index (χ4n) is 8.31. The van der Waals surface area contributed by atoms with Crippen LogP contribution in [0.4, 0.5) is 5.69 Å². The Kier molecular flexibility index (Phi) is 10.2. The van der Waals surface area contributed by atoms with Gasteiger partial charge in [0.1, 0.15) is 21.4 Å². The Labute approximate surface area is 306 Å². The molecule has 2 heterocycles. The van der Waals surface area contributed by atoms with E-state index < -0.39 is 21.7 Å². The number of carbonyl (C=O) groups is 2. The average molecular weight is 732 g/mol. The molecule has 2 amide bonds. The van der Waals surface area contributed by atoms with Crippen molar-refractivity contribution in [2.75, 3.05) is 44.6 Å². The first kappa shape index (κ1) is 35.5. The molecule has 7 rings (SSSR count). The Balaban J connectivity index is 1.29. The number of allylic oxidation sites excluding steroid dienone is 1. The third-order valence-corrected chi connectivity index (χ3v) is 13.3. The summed E-state index contributed by atoms with van der Waals surface area (Å²) in [5, 5.41) is 0.739. The van der Waals surface area contributed by atoms with Gasteiger partial charge in [-0.3, -0.25) is 14.3 Å². The number of hydrogen-bond donors (Lipinski definition) is 1. The van der Waals surface area contributed by atoms with E-state index in [2.05, 4.69) is 38.3 Å². The summed E-state index contributed by atoms with van der Waals surface area (Å²) in [5.74, 6) is 0.642. The lowest BCUT2D eigenvalue weighted by molar-refractivity contribution is 0.0131. The highest BCUT2D eigenvalue weighted by Gasteiger charge is 2.44. The molecule has 6 atom stereocenters. The van der Waals surface area contributed by atoms with Gasteiger partial charge in [-0.25, -0.2) is 4.21 Å². The molecule has 3 aromatic carbocycles. The van der Waals surface area contributed by atoms with Crippen LogP contribution in [0.5, 0.6) is 11.5 Å². The first-order valence-corrected chi connectivity index (χ1v) is 19.9. The van der Waals surface area contributed by atoms with Crippen molar-refractivity contribution in [1.29, 1.82) is 0 Å². The number of nitrogens with one attached hydrogen (secondary N) is 1. The predicted molar refractivity (Wildman–Crippen MR) is 200 cm³/mol. The van der Waals surface area contributed by atoms with Gasteiger partial charge >= 0.3 is 0 Å². The molecule has 2 bridgehead atoms. The van der Waals surface area contributed by atoms with Crippen LogP contribution in [-0.4, -0.2) is 61.8 Å². The van der Waals surface area contributed by atoms with E-state index in [0.29, 0.717) is 48.5 Å². The minimum Gasteiger partial charge on any atom is -0.497 e. The van der Waals surface area contributed by atoms with E-state index in [9.17, 15) is 13.8 Å². The van der Waals surface area contributed by atoms with E-state index in [1.807, 2.05) is 25.1 Å². The van der Waals surface area contributed by atoms with Crippen LogP contribution in [0.3, 0.4) is 0 Å². The van der Waals surface area contributed by atoms with Gasteiger partial charge in [0, 0.05) is 41.8 Å². The molecule has 0 saturated heterocycles. The van der Waals surface area contributed by atoms with Crippen LogP contribution in [0.1, 0.15) is 70.9 Å². The number of benzene rings is 3. The number of amides is 2. The van der Waals surface area contributed by atoms with Crippen molar-refractivity contribution in [3.63, 3.8) is 0 Å². The highest BCUT2D eigenvalue weighted by Crippen LogP contribution is 2.47. The molecule has 51 heavy (non-hydrogen) atoms. The van der Waals surface area contributed by atoms with Crippen molar-refractivity contribution in [2.45, 2.75) is 57.0 Å². The van der Waals surface area contributed by atoms with Crippen molar-refractivity contribution in [3.05, 3.63) is 100 Å². The van der Waals surface area contributed by atoms with Crippen LogP contribution < -0.4 is 19.1 Å². The molecule has 2 aliphatic heterocycles. The van der Waals surface area contributed by atoms with Crippen LogP contribution in [-0.2, 0) is 26.5 Å². The molecule has 1 saturated carbocycles. The lowest BCUT2D eigenvalue weighted by Crippen LogP contribution is -2.49. The van der Waals surface area contributed by atoms with Gasteiger partial charge in [-0.05, 0) is 122 Å². The largest absolute Gasteiger partial charge is 0.497 e. The fraction of sp³-hybridized carbons (Fsp3) is 0.450. The minimum absolute atomic E-state index is 0.000793.